The molecule has 0 aliphatic rings. The van der Waals surface area contributed by atoms with Crippen LogP contribution in [0.5, 0.6) is 0 Å². The Morgan fingerprint density at radius 2 is 1.85 bits per heavy atom. The Hall–Kier alpha value is -1.24. The van der Waals surface area contributed by atoms with Gasteiger partial charge in [0.25, 0.3) is 0 Å². The quantitative estimate of drug-likeness (QED) is 0.863. The largest absolute Gasteiger partial charge is 0.346 e. The number of halogens is 2. The van der Waals surface area contributed by atoms with Crippen LogP contribution < -0.4 is 5.69 Å². The maximum atomic E-state index is 12.2. The number of rotatable bonds is 4. The van der Waals surface area contributed by atoms with E-state index in [1.54, 1.807) is 19.1 Å². The summed E-state index contributed by atoms with van der Waals surface area (Å²) in [5.74, 6) is -0.0850. The Bertz CT molecular complexity index is 793. The van der Waals surface area contributed by atoms with E-state index < -0.39 is 15.7 Å². The zero-order valence-electron chi connectivity index (χ0n) is 10.6. The van der Waals surface area contributed by atoms with Gasteiger partial charge in [0.2, 0.25) is 10.0 Å². The molecule has 0 fully saturated rings. The molecule has 0 atom stereocenters. The van der Waals surface area contributed by atoms with E-state index in [1.807, 2.05) is 0 Å². The van der Waals surface area contributed by atoms with Gasteiger partial charge in [-0.2, -0.15) is 3.97 Å². The summed E-state index contributed by atoms with van der Waals surface area (Å²) in [5, 5.41) is 0.654. The van der Waals surface area contributed by atoms with E-state index in [0.717, 1.165) is 3.97 Å². The smallest absolute Gasteiger partial charge is 0.267 e. The van der Waals surface area contributed by atoms with Crippen molar-refractivity contribution in [1.29, 1.82) is 0 Å². The van der Waals surface area contributed by atoms with Gasteiger partial charge in [-0.1, -0.05) is 30.1 Å². The minimum atomic E-state index is -3.62. The molecular weight excluding hydrogens is 323 g/mol. The molecule has 0 radical (unpaired) electrons. The first kappa shape index (κ1) is 15.2. The maximum absolute atomic E-state index is 12.2. The first-order chi connectivity index (χ1) is 9.36. The molecule has 0 unspecified atom stereocenters. The van der Waals surface area contributed by atoms with Gasteiger partial charge in [0.05, 0.1) is 21.5 Å². The van der Waals surface area contributed by atoms with Crippen molar-refractivity contribution in [3.63, 3.8) is 0 Å². The first-order valence-electron chi connectivity index (χ1n) is 5.85. The Morgan fingerprint density at radius 3 is 2.45 bits per heavy atom. The minimum absolute atomic E-state index is 0.0850. The molecule has 1 aromatic heterocycles. The second-order valence-corrected chi connectivity index (χ2v) is 6.94. The monoisotopic (exact) mass is 334 g/mol. The normalized spacial score (nSPS) is 11.8. The Morgan fingerprint density at radius 1 is 1.15 bits per heavy atom. The van der Waals surface area contributed by atoms with Crippen molar-refractivity contribution in [2.45, 2.75) is 13.3 Å². The second kappa shape index (κ2) is 5.63. The van der Waals surface area contributed by atoms with Crippen molar-refractivity contribution in [3.05, 3.63) is 51.1 Å². The van der Waals surface area contributed by atoms with Crippen molar-refractivity contribution in [3.8, 4) is 5.69 Å². The van der Waals surface area contributed by atoms with Gasteiger partial charge < -0.3 is 0 Å². The summed E-state index contributed by atoms with van der Waals surface area (Å²) < 4.78 is 25.8. The van der Waals surface area contributed by atoms with Gasteiger partial charge in [-0.15, -0.1) is 0 Å². The topological polar surface area (TPSA) is 61.1 Å². The summed E-state index contributed by atoms with van der Waals surface area (Å²) in [7, 11) is -3.62. The third-order valence-electron chi connectivity index (χ3n) is 2.69. The average Bonchev–Trinajstić information content (AvgIpc) is 2.75. The molecule has 0 aliphatic carbocycles. The van der Waals surface area contributed by atoms with E-state index in [2.05, 4.69) is 0 Å². The fourth-order valence-electron chi connectivity index (χ4n) is 1.76. The number of benzene rings is 1. The van der Waals surface area contributed by atoms with E-state index in [1.165, 1.54) is 23.0 Å². The molecule has 0 amide bonds. The van der Waals surface area contributed by atoms with Gasteiger partial charge in [-0.05, 0) is 24.6 Å². The zero-order valence-corrected chi connectivity index (χ0v) is 12.9. The molecule has 108 valence electrons. The third kappa shape index (κ3) is 2.77. The molecule has 2 rings (SSSR count). The molecule has 8 heteroatoms. The Kier molecular flexibility index (Phi) is 4.27. The number of imidazole rings is 1. The van der Waals surface area contributed by atoms with Crippen molar-refractivity contribution in [1.82, 2.24) is 8.54 Å². The number of aromatic nitrogens is 2. The molecular formula is C12H12Cl2N2O3S. The van der Waals surface area contributed by atoms with Crippen LogP contribution in [0.15, 0.2) is 35.4 Å². The van der Waals surface area contributed by atoms with Crippen LogP contribution in [-0.2, 0) is 10.0 Å². The van der Waals surface area contributed by atoms with Crippen molar-refractivity contribution in [2.24, 2.45) is 0 Å². The lowest BCUT2D eigenvalue weighted by Gasteiger charge is -2.04. The van der Waals surface area contributed by atoms with Crippen molar-refractivity contribution >= 4 is 33.2 Å². The van der Waals surface area contributed by atoms with Gasteiger partial charge in [0.1, 0.15) is 0 Å². The Balaban J connectivity index is 2.54. The highest BCUT2D eigenvalue weighted by Crippen LogP contribution is 2.23. The van der Waals surface area contributed by atoms with E-state index in [9.17, 15) is 13.2 Å². The summed E-state index contributed by atoms with van der Waals surface area (Å²) >= 11 is 11.7. The first-order valence-corrected chi connectivity index (χ1v) is 8.22. The number of hydrogen-bond donors (Lipinski definition) is 0. The van der Waals surface area contributed by atoms with Gasteiger partial charge in [-0.25, -0.2) is 13.2 Å². The van der Waals surface area contributed by atoms with E-state index in [0.29, 0.717) is 22.2 Å². The second-order valence-electron chi connectivity index (χ2n) is 4.16. The molecule has 1 aromatic carbocycles. The summed E-state index contributed by atoms with van der Waals surface area (Å²) in [6.45, 7) is 1.73. The maximum Gasteiger partial charge on any atom is 0.346 e. The molecule has 1 heterocycles. The van der Waals surface area contributed by atoms with Crippen LogP contribution in [0.4, 0.5) is 0 Å². The van der Waals surface area contributed by atoms with Crippen LogP contribution >= 0.6 is 23.2 Å². The Labute approximate surface area is 126 Å². The SMILES string of the molecule is CCCS(=O)(=O)n1ccn(-c2ccc(Cl)c(Cl)c2)c1=O. The van der Waals surface area contributed by atoms with Crippen LogP contribution in [-0.4, -0.2) is 22.7 Å². The molecule has 20 heavy (non-hydrogen) atoms. The van der Waals surface area contributed by atoms with E-state index in [-0.39, 0.29) is 5.75 Å². The fourth-order valence-corrected chi connectivity index (χ4v) is 3.33. The van der Waals surface area contributed by atoms with Gasteiger partial charge in [-0.3, -0.25) is 4.57 Å². The highest BCUT2D eigenvalue weighted by atomic mass is 35.5. The van der Waals surface area contributed by atoms with E-state index in [4.69, 9.17) is 23.2 Å². The molecule has 0 saturated carbocycles. The van der Waals surface area contributed by atoms with Crippen LogP contribution in [0.25, 0.3) is 5.69 Å². The van der Waals surface area contributed by atoms with Crippen LogP contribution in [0.1, 0.15) is 13.3 Å². The minimum Gasteiger partial charge on any atom is -0.267 e. The van der Waals surface area contributed by atoms with Crippen LogP contribution in [0, 0.1) is 0 Å². The molecule has 0 bridgehead atoms. The standard InChI is InChI=1S/C12H12Cl2N2O3S/c1-2-7-20(18,19)16-6-5-15(12(16)17)9-3-4-10(13)11(14)8-9/h3-6,8H,2,7H2,1H3. The van der Waals surface area contributed by atoms with Gasteiger partial charge in [0, 0.05) is 12.4 Å². The predicted molar refractivity (Wildman–Crippen MR) is 79.5 cm³/mol. The lowest BCUT2D eigenvalue weighted by atomic mass is 10.3. The lowest BCUT2D eigenvalue weighted by Crippen LogP contribution is -2.30. The summed E-state index contributed by atoms with van der Waals surface area (Å²) in [5.41, 5.74) is -0.202. The zero-order chi connectivity index (χ0) is 14.9. The molecule has 0 spiro atoms. The fraction of sp³-hybridized carbons (Fsp3) is 0.250. The summed E-state index contributed by atoms with van der Waals surface area (Å²) in [6, 6.07) is 4.64. The predicted octanol–water partition coefficient (Wildman–Crippen LogP) is 2.53. The van der Waals surface area contributed by atoms with Crippen LogP contribution in [0.2, 0.25) is 10.0 Å². The van der Waals surface area contributed by atoms with Crippen molar-refractivity contribution < 1.29 is 8.42 Å². The van der Waals surface area contributed by atoms with Crippen molar-refractivity contribution in [2.75, 3.05) is 5.75 Å². The number of nitrogens with zero attached hydrogens (tertiary/aromatic N) is 2. The molecule has 5 nitrogen and oxygen atoms in total. The molecule has 0 saturated heterocycles. The summed E-state index contributed by atoms with van der Waals surface area (Å²) in [6.07, 6.45) is 3.05. The highest BCUT2D eigenvalue weighted by molar-refractivity contribution is 7.89. The van der Waals surface area contributed by atoms with Crippen LogP contribution in [0.3, 0.4) is 0 Å². The van der Waals surface area contributed by atoms with Gasteiger partial charge in [0.15, 0.2) is 0 Å². The average molecular weight is 335 g/mol. The molecule has 0 N–H and O–H groups in total. The lowest BCUT2D eigenvalue weighted by molar-refractivity contribution is 0.583. The highest BCUT2D eigenvalue weighted by Gasteiger charge is 2.17. The van der Waals surface area contributed by atoms with Gasteiger partial charge >= 0.3 is 5.69 Å². The van der Waals surface area contributed by atoms with E-state index >= 15 is 0 Å². The summed E-state index contributed by atoms with van der Waals surface area (Å²) in [4.78, 5) is 12.2. The third-order valence-corrected chi connectivity index (χ3v) is 5.23. The number of hydrogen-bond acceptors (Lipinski definition) is 3. The molecule has 0 aliphatic heterocycles. The molecule has 2 aromatic rings.